The Balaban J connectivity index is 1.70. The molecule has 3 amide bonds. The molecule has 0 bridgehead atoms. The van der Waals surface area contributed by atoms with E-state index in [2.05, 4.69) is 10.6 Å². The van der Waals surface area contributed by atoms with Crippen molar-refractivity contribution in [2.75, 3.05) is 13.1 Å². The smallest absolute Gasteiger partial charge is 0.317 e. The van der Waals surface area contributed by atoms with Crippen LogP contribution in [-0.4, -0.2) is 40.8 Å². The molecular weight excluding hydrogens is 366 g/mol. The number of β-amino-alcohol motifs (C(OH)–C–C–N with tert-alkyl or cyclic N) is 1. The van der Waals surface area contributed by atoms with Crippen molar-refractivity contribution in [1.29, 1.82) is 0 Å². The summed E-state index contributed by atoms with van der Waals surface area (Å²) in [5.74, 6) is 0.252. The maximum Gasteiger partial charge on any atom is 0.317 e. The second kappa shape index (κ2) is 8.48. The number of benzene rings is 1. The van der Waals surface area contributed by atoms with Crippen LogP contribution < -0.4 is 10.6 Å². The normalized spacial score (nSPS) is 24.5. The zero-order valence-electron chi connectivity index (χ0n) is 15.7. The molecule has 0 spiro atoms. The van der Waals surface area contributed by atoms with Crippen molar-refractivity contribution in [2.45, 2.75) is 57.2 Å². The van der Waals surface area contributed by atoms with E-state index in [0.717, 1.165) is 31.2 Å². The van der Waals surface area contributed by atoms with Crippen LogP contribution in [-0.2, 0) is 4.79 Å². The van der Waals surface area contributed by atoms with Crippen LogP contribution in [0.3, 0.4) is 0 Å². The number of rotatable bonds is 4. The molecule has 1 aliphatic carbocycles. The first kappa shape index (κ1) is 20.0. The SMILES string of the molecule is CC(=O)N1CCC[C@@](O)(NC(=O)N[C@H](c2cccc(Cl)c2)C2CCCC2)C1. The molecule has 6 nitrogen and oxygen atoms in total. The summed E-state index contributed by atoms with van der Waals surface area (Å²) in [7, 11) is 0. The Bertz CT molecular complexity index is 693. The van der Waals surface area contributed by atoms with Crippen molar-refractivity contribution in [3.05, 3.63) is 34.9 Å². The van der Waals surface area contributed by atoms with Crippen LogP contribution in [0, 0.1) is 5.92 Å². The van der Waals surface area contributed by atoms with E-state index in [4.69, 9.17) is 11.6 Å². The van der Waals surface area contributed by atoms with Gasteiger partial charge in [-0.15, -0.1) is 0 Å². The molecule has 1 aromatic carbocycles. The van der Waals surface area contributed by atoms with E-state index >= 15 is 0 Å². The number of hydrogen-bond donors (Lipinski definition) is 3. The highest BCUT2D eigenvalue weighted by atomic mass is 35.5. The summed E-state index contributed by atoms with van der Waals surface area (Å²) in [4.78, 5) is 25.9. The molecule has 3 rings (SSSR count). The lowest BCUT2D eigenvalue weighted by Gasteiger charge is -2.39. The highest BCUT2D eigenvalue weighted by Crippen LogP contribution is 2.36. The second-order valence-corrected chi connectivity index (χ2v) is 8.19. The molecule has 1 saturated heterocycles. The second-order valence-electron chi connectivity index (χ2n) is 7.75. The minimum Gasteiger partial charge on any atom is -0.369 e. The molecule has 27 heavy (non-hydrogen) atoms. The monoisotopic (exact) mass is 393 g/mol. The number of likely N-dealkylation sites (tertiary alicyclic amines) is 1. The Morgan fingerprint density at radius 1 is 1.30 bits per heavy atom. The summed E-state index contributed by atoms with van der Waals surface area (Å²) >= 11 is 6.15. The van der Waals surface area contributed by atoms with Gasteiger partial charge in [-0.1, -0.05) is 36.6 Å². The molecule has 2 atom stereocenters. The van der Waals surface area contributed by atoms with Gasteiger partial charge in [-0.05, 0) is 49.3 Å². The first-order valence-electron chi connectivity index (χ1n) is 9.68. The molecule has 2 aliphatic rings. The number of nitrogens with one attached hydrogen (secondary N) is 2. The Morgan fingerprint density at radius 3 is 2.70 bits per heavy atom. The summed E-state index contributed by atoms with van der Waals surface area (Å²) in [6.07, 6.45) is 5.50. The summed E-state index contributed by atoms with van der Waals surface area (Å²) in [6.45, 7) is 2.19. The maximum absolute atomic E-state index is 12.7. The van der Waals surface area contributed by atoms with Gasteiger partial charge < -0.3 is 20.6 Å². The molecule has 0 radical (unpaired) electrons. The van der Waals surface area contributed by atoms with Gasteiger partial charge in [0.1, 0.15) is 0 Å². The van der Waals surface area contributed by atoms with Crippen molar-refractivity contribution in [3.8, 4) is 0 Å². The molecule has 2 fully saturated rings. The van der Waals surface area contributed by atoms with Crippen molar-refractivity contribution in [1.82, 2.24) is 15.5 Å². The van der Waals surface area contributed by atoms with Crippen LogP contribution in [0.1, 0.15) is 57.1 Å². The molecule has 1 heterocycles. The Morgan fingerprint density at radius 2 is 2.04 bits per heavy atom. The predicted molar refractivity (Wildman–Crippen MR) is 104 cm³/mol. The van der Waals surface area contributed by atoms with Crippen LogP contribution in [0.2, 0.25) is 5.02 Å². The van der Waals surface area contributed by atoms with Crippen molar-refractivity contribution >= 4 is 23.5 Å². The lowest BCUT2D eigenvalue weighted by molar-refractivity contribution is -0.137. The Hall–Kier alpha value is -1.79. The van der Waals surface area contributed by atoms with E-state index in [1.807, 2.05) is 24.3 Å². The first-order chi connectivity index (χ1) is 12.9. The third-order valence-electron chi connectivity index (χ3n) is 5.63. The van der Waals surface area contributed by atoms with Gasteiger partial charge in [0, 0.05) is 18.5 Å². The van der Waals surface area contributed by atoms with Crippen molar-refractivity contribution in [2.24, 2.45) is 5.92 Å². The molecule has 1 aliphatic heterocycles. The van der Waals surface area contributed by atoms with Crippen LogP contribution >= 0.6 is 11.6 Å². The lowest BCUT2D eigenvalue weighted by Crippen LogP contribution is -2.61. The van der Waals surface area contributed by atoms with E-state index in [-0.39, 0.29) is 18.5 Å². The summed E-state index contributed by atoms with van der Waals surface area (Å²) < 4.78 is 0. The van der Waals surface area contributed by atoms with Gasteiger partial charge in [0.2, 0.25) is 5.91 Å². The number of urea groups is 1. The lowest BCUT2D eigenvalue weighted by atomic mass is 9.91. The van der Waals surface area contributed by atoms with E-state index in [0.29, 0.717) is 30.3 Å². The van der Waals surface area contributed by atoms with Gasteiger partial charge in [0.05, 0.1) is 12.6 Å². The molecule has 148 valence electrons. The van der Waals surface area contributed by atoms with Crippen molar-refractivity contribution < 1.29 is 14.7 Å². The molecule has 3 N–H and O–H groups in total. The van der Waals surface area contributed by atoms with Gasteiger partial charge in [-0.3, -0.25) is 4.79 Å². The van der Waals surface area contributed by atoms with Gasteiger partial charge >= 0.3 is 6.03 Å². The van der Waals surface area contributed by atoms with Gasteiger partial charge in [0.15, 0.2) is 5.72 Å². The van der Waals surface area contributed by atoms with Crippen LogP contribution in [0.4, 0.5) is 4.79 Å². The predicted octanol–water partition coefficient (Wildman–Crippen LogP) is 3.20. The number of carbonyl (C=O) groups excluding carboxylic acids is 2. The zero-order valence-corrected chi connectivity index (χ0v) is 16.5. The standard InChI is InChI=1S/C20H28ClN3O3/c1-14(25)24-11-5-10-20(27,13-24)23-19(26)22-18(15-6-2-3-7-15)16-8-4-9-17(21)12-16/h4,8-9,12,15,18,27H,2-3,5-7,10-11,13H2,1H3,(H2,22,23,26)/t18-,20-/m0/s1. The number of nitrogens with zero attached hydrogens (tertiary/aromatic N) is 1. The molecule has 1 saturated carbocycles. The minimum absolute atomic E-state index is 0.0990. The maximum atomic E-state index is 12.7. The summed E-state index contributed by atoms with van der Waals surface area (Å²) in [6, 6.07) is 7.00. The van der Waals surface area contributed by atoms with Crippen molar-refractivity contribution in [3.63, 3.8) is 0 Å². The van der Waals surface area contributed by atoms with Gasteiger partial charge in [-0.25, -0.2) is 4.79 Å². The fourth-order valence-corrected chi connectivity index (χ4v) is 4.46. The number of hydrogen-bond acceptors (Lipinski definition) is 3. The molecule has 1 aromatic rings. The number of amides is 3. The topological polar surface area (TPSA) is 81.7 Å². The van der Waals surface area contributed by atoms with E-state index < -0.39 is 11.8 Å². The number of piperidine rings is 1. The highest BCUT2D eigenvalue weighted by molar-refractivity contribution is 6.30. The third-order valence-corrected chi connectivity index (χ3v) is 5.86. The van der Waals surface area contributed by atoms with Crippen LogP contribution in [0.5, 0.6) is 0 Å². The van der Waals surface area contributed by atoms with E-state index in [1.54, 1.807) is 4.90 Å². The number of aliphatic hydroxyl groups is 1. The number of halogens is 1. The van der Waals surface area contributed by atoms with Gasteiger partial charge in [0.25, 0.3) is 0 Å². The Labute approximate surface area is 165 Å². The fourth-order valence-electron chi connectivity index (χ4n) is 4.26. The van der Waals surface area contributed by atoms with E-state index in [9.17, 15) is 14.7 Å². The number of carbonyl (C=O) groups is 2. The Kier molecular flexibility index (Phi) is 6.27. The molecule has 0 aromatic heterocycles. The average molecular weight is 394 g/mol. The molecule has 7 heteroatoms. The summed E-state index contributed by atoms with van der Waals surface area (Å²) in [5, 5.41) is 17.2. The molecule has 0 unspecified atom stereocenters. The average Bonchev–Trinajstić information content (AvgIpc) is 3.13. The fraction of sp³-hybridized carbons (Fsp3) is 0.600. The zero-order chi connectivity index (χ0) is 19.4. The minimum atomic E-state index is -1.40. The van der Waals surface area contributed by atoms with Crippen LogP contribution in [0.25, 0.3) is 0 Å². The third kappa shape index (κ3) is 5.14. The van der Waals surface area contributed by atoms with Gasteiger partial charge in [-0.2, -0.15) is 0 Å². The highest BCUT2D eigenvalue weighted by Gasteiger charge is 2.37. The van der Waals surface area contributed by atoms with E-state index in [1.165, 1.54) is 6.92 Å². The largest absolute Gasteiger partial charge is 0.369 e. The quantitative estimate of drug-likeness (QED) is 0.687. The first-order valence-corrected chi connectivity index (χ1v) is 10.1. The van der Waals surface area contributed by atoms with Crippen LogP contribution in [0.15, 0.2) is 24.3 Å². The molecular formula is C20H28ClN3O3. The summed E-state index contributed by atoms with van der Waals surface area (Å²) in [5.41, 5.74) is -0.423.